The summed E-state index contributed by atoms with van der Waals surface area (Å²) in [5, 5.41) is 1.66. The third-order valence-electron chi connectivity index (χ3n) is 2.55. The van der Waals surface area contributed by atoms with Gasteiger partial charge in [-0.3, -0.25) is 0 Å². The quantitative estimate of drug-likeness (QED) is 0.352. The molecule has 0 fully saturated rings. The summed E-state index contributed by atoms with van der Waals surface area (Å²) >= 11 is 0. The lowest BCUT2D eigenvalue weighted by molar-refractivity contribution is 0.176. The van der Waals surface area contributed by atoms with Crippen molar-refractivity contribution in [1.82, 2.24) is 0 Å². The van der Waals surface area contributed by atoms with Crippen molar-refractivity contribution >= 4 is 5.69 Å². The van der Waals surface area contributed by atoms with Crippen molar-refractivity contribution in [2.45, 2.75) is 38.7 Å². The molecule has 2 unspecified atom stereocenters. The average molecular weight is 285 g/mol. The Morgan fingerprint density at radius 1 is 1.05 bits per heavy atom. The van der Waals surface area contributed by atoms with Crippen molar-refractivity contribution in [1.29, 1.82) is 0 Å². The Kier molecular flexibility index (Phi) is 5.50. The number of hydrogen-bond acceptors (Lipinski definition) is 1. The Labute approximate surface area is 106 Å². The van der Waals surface area contributed by atoms with Gasteiger partial charge in [-0.25, -0.2) is 26.3 Å². The molecule has 19 heavy (non-hydrogen) atoms. The Morgan fingerprint density at radius 3 is 2.26 bits per heavy atom. The van der Waals surface area contributed by atoms with E-state index in [9.17, 15) is 26.3 Å². The van der Waals surface area contributed by atoms with Gasteiger partial charge in [0.15, 0.2) is 23.3 Å². The average Bonchev–Trinajstić information content (AvgIpc) is 2.39. The van der Waals surface area contributed by atoms with Crippen LogP contribution in [0.1, 0.15) is 26.2 Å². The van der Waals surface area contributed by atoms with Crippen LogP contribution in [-0.4, -0.2) is 12.5 Å². The van der Waals surface area contributed by atoms with E-state index in [0.29, 0.717) is 12.8 Å². The zero-order chi connectivity index (χ0) is 14.6. The fraction of sp³-hybridized carbons (Fsp3) is 0.500. The van der Waals surface area contributed by atoms with E-state index in [0.717, 1.165) is 0 Å². The van der Waals surface area contributed by atoms with Crippen LogP contribution in [0, 0.1) is 23.3 Å². The third kappa shape index (κ3) is 3.78. The van der Waals surface area contributed by atoms with Crippen molar-refractivity contribution < 1.29 is 26.3 Å². The summed E-state index contributed by atoms with van der Waals surface area (Å²) in [5.74, 6) is -7.54. The molecule has 0 aromatic heterocycles. The molecule has 0 heterocycles. The molecule has 0 amide bonds. The van der Waals surface area contributed by atoms with Crippen molar-refractivity contribution in [3.05, 3.63) is 29.3 Å². The first-order valence-corrected chi connectivity index (χ1v) is 5.76. The van der Waals surface area contributed by atoms with Gasteiger partial charge >= 0.3 is 0 Å². The van der Waals surface area contributed by atoms with Gasteiger partial charge in [0.05, 0.1) is 5.69 Å². The molecular formula is C12H13F6N. The molecule has 1 rings (SSSR count). The zero-order valence-corrected chi connectivity index (χ0v) is 10.1. The number of benzene rings is 1. The lowest BCUT2D eigenvalue weighted by Gasteiger charge is -2.16. The van der Waals surface area contributed by atoms with E-state index in [4.69, 9.17) is 0 Å². The number of rotatable bonds is 6. The van der Waals surface area contributed by atoms with Crippen molar-refractivity contribution in [3.63, 3.8) is 0 Å². The van der Waals surface area contributed by atoms with Crippen LogP contribution in [-0.2, 0) is 0 Å². The van der Waals surface area contributed by atoms with Gasteiger partial charge in [-0.2, -0.15) is 0 Å². The smallest absolute Gasteiger partial charge is 0.201 e. The molecule has 0 aliphatic rings. The molecule has 1 aromatic rings. The first kappa shape index (κ1) is 15.7. The van der Waals surface area contributed by atoms with Crippen LogP contribution in [0.3, 0.4) is 0 Å². The summed E-state index contributed by atoms with van der Waals surface area (Å²) in [6.07, 6.45) is -3.33. The molecule has 0 saturated carbocycles. The molecule has 1 N–H and O–H groups in total. The Morgan fingerprint density at radius 2 is 1.68 bits per heavy atom. The van der Waals surface area contributed by atoms with E-state index in [1.54, 1.807) is 12.2 Å². The van der Waals surface area contributed by atoms with Gasteiger partial charge in [0.2, 0.25) is 6.30 Å². The molecule has 1 aromatic carbocycles. The summed E-state index contributed by atoms with van der Waals surface area (Å²) < 4.78 is 78.1. The minimum atomic E-state index is -2.33. The normalized spacial score (nSPS) is 14.3. The third-order valence-corrected chi connectivity index (χ3v) is 2.55. The second-order valence-electron chi connectivity index (χ2n) is 4.05. The van der Waals surface area contributed by atoms with Gasteiger partial charge in [0, 0.05) is 6.07 Å². The maximum Gasteiger partial charge on any atom is 0.201 e. The zero-order valence-electron chi connectivity index (χ0n) is 10.1. The molecule has 0 aliphatic heterocycles. The highest BCUT2D eigenvalue weighted by atomic mass is 19.2. The molecule has 7 heteroatoms. The maximum atomic E-state index is 13.4. The SMILES string of the molecule is CCCCC(F)C(F)Nc1cc(F)c(F)c(F)c1F. The number of unbranched alkanes of at least 4 members (excludes halogenated alkanes) is 1. The number of halogens is 6. The first-order valence-electron chi connectivity index (χ1n) is 5.76. The number of nitrogens with one attached hydrogen (secondary N) is 1. The van der Waals surface area contributed by atoms with Crippen LogP contribution in [0.4, 0.5) is 32.0 Å². The fourth-order valence-corrected chi connectivity index (χ4v) is 1.46. The van der Waals surface area contributed by atoms with E-state index < -0.39 is 41.4 Å². The van der Waals surface area contributed by atoms with Crippen molar-refractivity contribution in [2.75, 3.05) is 5.32 Å². The topological polar surface area (TPSA) is 12.0 Å². The highest BCUT2D eigenvalue weighted by Gasteiger charge is 2.24. The van der Waals surface area contributed by atoms with E-state index in [1.807, 2.05) is 0 Å². The van der Waals surface area contributed by atoms with Gasteiger partial charge in [-0.05, 0) is 6.42 Å². The van der Waals surface area contributed by atoms with Crippen LogP contribution in [0.5, 0.6) is 0 Å². The molecule has 0 spiro atoms. The van der Waals surface area contributed by atoms with E-state index in [1.165, 1.54) is 0 Å². The number of alkyl halides is 2. The first-order chi connectivity index (χ1) is 8.88. The predicted molar refractivity (Wildman–Crippen MR) is 59.2 cm³/mol. The summed E-state index contributed by atoms with van der Waals surface area (Å²) in [4.78, 5) is 0. The summed E-state index contributed by atoms with van der Waals surface area (Å²) in [7, 11) is 0. The van der Waals surface area contributed by atoms with Crippen LogP contribution in [0.25, 0.3) is 0 Å². The molecular weight excluding hydrogens is 272 g/mol. The molecule has 0 saturated heterocycles. The standard InChI is InChI=1S/C12H13F6N/c1-2-3-4-6(13)12(18)19-8-5-7(14)9(15)11(17)10(8)16/h5-6,12,19H,2-4H2,1H3. The van der Waals surface area contributed by atoms with Gasteiger partial charge in [-0.1, -0.05) is 19.8 Å². The monoisotopic (exact) mass is 285 g/mol. The van der Waals surface area contributed by atoms with Gasteiger partial charge in [0.1, 0.15) is 6.17 Å². The minimum absolute atomic E-state index is 0.113. The fourth-order valence-electron chi connectivity index (χ4n) is 1.46. The Balaban J connectivity index is 2.82. The van der Waals surface area contributed by atoms with Gasteiger partial charge in [-0.15, -0.1) is 0 Å². The van der Waals surface area contributed by atoms with Gasteiger partial charge < -0.3 is 5.32 Å². The molecule has 0 radical (unpaired) electrons. The summed E-state index contributed by atoms with van der Waals surface area (Å²) in [5.41, 5.74) is -0.956. The Hall–Kier alpha value is -1.40. The summed E-state index contributed by atoms with van der Waals surface area (Å²) in [6.45, 7) is 1.78. The van der Waals surface area contributed by atoms with Crippen LogP contribution in [0.2, 0.25) is 0 Å². The Bertz CT molecular complexity index is 437. The molecule has 2 atom stereocenters. The summed E-state index contributed by atoms with van der Waals surface area (Å²) in [6, 6.07) is 0.243. The van der Waals surface area contributed by atoms with Gasteiger partial charge in [0.25, 0.3) is 0 Å². The van der Waals surface area contributed by atoms with E-state index in [-0.39, 0.29) is 12.5 Å². The lowest BCUT2D eigenvalue weighted by Crippen LogP contribution is -2.26. The molecule has 0 bridgehead atoms. The van der Waals surface area contributed by atoms with Crippen LogP contribution in [0.15, 0.2) is 6.07 Å². The molecule has 0 aliphatic carbocycles. The van der Waals surface area contributed by atoms with E-state index >= 15 is 0 Å². The largest absolute Gasteiger partial charge is 0.351 e. The van der Waals surface area contributed by atoms with Crippen molar-refractivity contribution in [3.8, 4) is 0 Å². The number of hydrogen-bond donors (Lipinski definition) is 1. The second-order valence-corrected chi connectivity index (χ2v) is 4.05. The minimum Gasteiger partial charge on any atom is -0.351 e. The predicted octanol–water partition coefficient (Wildman–Crippen LogP) is 4.48. The second kappa shape index (κ2) is 6.68. The molecule has 1 nitrogen and oxygen atoms in total. The maximum absolute atomic E-state index is 13.4. The van der Waals surface area contributed by atoms with Crippen LogP contribution < -0.4 is 5.32 Å². The highest BCUT2D eigenvalue weighted by Crippen LogP contribution is 2.24. The van der Waals surface area contributed by atoms with Crippen molar-refractivity contribution in [2.24, 2.45) is 0 Å². The van der Waals surface area contributed by atoms with Crippen LogP contribution >= 0.6 is 0 Å². The molecule has 108 valence electrons. The lowest BCUT2D eigenvalue weighted by atomic mass is 10.1. The number of anilines is 1. The highest BCUT2D eigenvalue weighted by molar-refractivity contribution is 5.46. The van der Waals surface area contributed by atoms with E-state index in [2.05, 4.69) is 0 Å².